The van der Waals surface area contributed by atoms with E-state index in [9.17, 15) is 4.79 Å². The fraction of sp³-hybridized carbons (Fsp3) is 0.467. The van der Waals surface area contributed by atoms with E-state index in [-0.39, 0.29) is 17.8 Å². The van der Waals surface area contributed by atoms with E-state index in [0.717, 1.165) is 31.2 Å². The molecule has 5 nitrogen and oxygen atoms in total. The molecule has 1 fully saturated rings. The van der Waals surface area contributed by atoms with Crippen LogP contribution >= 0.6 is 0 Å². The van der Waals surface area contributed by atoms with Crippen molar-refractivity contribution in [1.82, 2.24) is 5.32 Å². The van der Waals surface area contributed by atoms with Gasteiger partial charge in [-0.3, -0.25) is 4.79 Å². The predicted octanol–water partition coefficient (Wildman–Crippen LogP) is 1.65. The maximum Gasteiger partial charge on any atom is 0.231 e. The van der Waals surface area contributed by atoms with Crippen molar-refractivity contribution in [3.8, 4) is 0 Å². The molecule has 0 aliphatic heterocycles. The van der Waals surface area contributed by atoms with E-state index >= 15 is 0 Å². The van der Waals surface area contributed by atoms with E-state index in [0.29, 0.717) is 6.42 Å². The standard InChI is InChI=1S/C15H21N3O2/c16-14(18-20)13(10-11-6-2-1-3-7-11)15(19)17-12-8-4-5-9-12/h1-3,6-7,12-13,20H,4-5,8-10H2,(H2,16,18)(H,17,19). The summed E-state index contributed by atoms with van der Waals surface area (Å²) in [6.07, 6.45) is 4.77. The molecule has 1 aromatic rings. The van der Waals surface area contributed by atoms with E-state index < -0.39 is 5.92 Å². The molecule has 1 aliphatic rings. The summed E-state index contributed by atoms with van der Waals surface area (Å²) in [4.78, 5) is 12.3. The van der Waals surface area contributed by atoms with Crippen LogP contribution in [0.5, 0.6) is 0 Å². The second-order valence-electron chi connectivity index (χ2n) is 5.26. The Morgan fingerprint density at radius 2 is 2.00 bits per heavy atom. The third-order valence-electron chi connectivity index (χ3n) is 3.77. The number of rotatable bonds is 5. The Morgan fingerprint density at radius 3 is 2.60 bits per heavy atom. The molecule has 5 heteroatoms. The van der Waals surface area contributed by atoms with Gasteiger partial charge >= 0.3 is 0 Å². The molecule has 4 N–H and O–H groups in total. The highest BCUT2D eigenvalue weighted by molar-refractivity contribution is 6.02. The third kappa shape index (κ3) is 3.73. The van der Waals surface area contributed by atoms with Crippen LogP contribution in [0.2, 0.25) is 0 Å². The Bertz CT molecular complexity index is 467. The minimum atomic E-state index is -0.622. The van der Waals surface area contributed by atoms with Crippen LogP contribution in [-0.2, 0) is 11.2 Å². The molecule has 1 aromatic carbocycles. The first-order valence-electron chi connectivity index (χ1n) is 7.02. The van der Waals surface area contributed by atoms with E-state index in [1.807, 2.05) is 30.3 Å². The van der Waals surface area contributed by atoms with Crippen molar-refractivity contribution in [1.29, 1.82) is 0 Å². The lowest BCUT2D eigenvalue weighted by molar-refractivity contribution is -0.123. The molecule has 0 spiro atoms. The zero-order valence-electron chi connectivity index (χ0n) is 11.5. The van der Waals surface area contributed by atoms with E-state index in [1.165, 1.54) is 0 Å². The number of nitrogens with one attached hydrogen (secondary N) is 1. The van der Waals surface area contributed by atoms with Gasteiger partial charge in [0.15, 0.2) is 5.84 Å². The van der Waals surface area contributed by atoms with Crippen LogP contribution in [0.25, 0.3) is 0 Å². The van der Waals surface area contributed by atoms with Crippen molar-refractivity contribution in [2.24, 2.45) is 16.8 Å². The van der Waals surface area contributed by atoms with Crippen LogP contribution < -0.4 is 11.1 Å². The van der Waals surface area contributed by atoms with Crippen LogP contribution in [0, 0.1) is 5.92 Å². The summed E-state index contributed by atoms with van der Waals surface area (Å²) >= 11 is 0. The number of hydrogen-bond donors (Lipinski definition) is 3. The van der Waals surface area contributed by atoms with Crippen LogP contribution in [0.15, 0.2) is 35.5 Å². The fourth-order valence-corrected chi connectivity index (χ4v) is 2.62. The first-order valence-corrected chi connectivity index (χ1v) is 7.02. The molecule has 0 radical (unpaired) electrons. The minimum absolute atomic E-state index is 0.0376. The summed E-state index contributed by atoms with van der Waals surface area (Å²) in [7, 11) is 0. The molecular weight excluding hydrogens is 254 g/mol. The second kappa shape index (κ2) is 6.93. The Balaban J connectivity index is 2.04. The highest BCUT2D eigenvalue weighted by atomic mass is 16.4. The summed E-state index contributed by atoms with van der Waals surface area (Å²) in [5, 5.41) is 14.9. The molecule has 0 saturated heterocycles. The number of nitrogens with two attached hydrogens (primary N) is 1. The zero-order chi connectivity index (χ0) is 14.4. The number of amidine groups is 1. The summed E-state index contributed by atoms with van der Waals surface area (Å²) in [5.74, 6) is -0.816. The molecule has 1 unspecified atom stereocenters. The van der Waals surface area contributed by atoms with Crippen molar-refractivity contribution in [3.05, 3.63) is 35.9 Å². The van der Waals surface area contributed by atoms with Crippen molar-refractivity contribution in [2.45, 2.75) is 38.1 Å². The van der Waals surface area contributed by atoms with Crippen molar-refractivity contribution in [3.63, 3.8) is 0 Å². The number of hydrogen-bond acceptors (Lipinski definition) is 3. The van der Waals surface area contributed by atoms with E-state index in [2.05, 4.69) is 10.5 Å². The topological polar surface area (TPSA) is 87.7 Å². The number of nitrogens with zero attached hydrogens (tertiary/aromatic N) is 1. The average Bonchev–Trinajstić information content (AvgIpc) is 2.98. The zero-order valence-corrected chi connectivity index (χ0v) is 11.5. The number of carbonyl (C=O) groups excluding carboxylic acids is 1. The van der Waals surface area contributed by atoms with Crippen molar-refractivity contribution in [2.75, 3.05) is 0 Å². The molecule has 1 saturated carbocycles. The van der Waals surface area contributed by atoms with Gasteiger partial charge in [0.05, 0.1) is 0 Å². The average molecular weight is 275 g/mol. The smallest absolute Gasteiger partial charge is 0.231 e. The molecule has 108 valence electrons. The molecule has 20 heavy (non-hydrogen) atoms. The minimum Gasteiger partial charge on any atom is -0.409 e. The van der Waals surface area contributed by atoms with Crippen LogP contribution in [0.1, 0.15) is 31.2 Å². The lowest BCUT2D eigenvalue weighted by Crippen LogP contribution is -2.43. The highest BCUT2D eigenvalue weighted by Gasteiger charge is 2.26. The van der Waals surface area contributed by atoms with Crippen LogP contribution in [-0.4, -0.2) is 23.0 Å². The third-order valence-corrected chi connectivity index (χ3v) is 3.77. The van der Waals surface area contributed by atoms with Gasteiger partial charge in [0.25, 0.3) is 0 Å². The Hall–Kier alpha value is -2.04. The Morgan fingerprint density at radius 1 is 1.35 bits per heavy atom. The number of carbonyl (C=O) groups is 1. The van der Waals surface area contributed by atoms with E-state index in [4.69, 9.17) is 10.9 Å². The maximum absolute atomic E-state index is 12.3. The largest absolute Gasteiger partial charge is 0.409 e. The lowest BCUT2D eigenvalue weighted by atomic mass is 9.97. The highest BCUT2D eigenvalue weighted by Crippen LogP contribution is 2.19. The molecule has 0 bridgehead atoms. The quantitative estimate of drug-likeness (QED) is 0.330. The summed E-state index contributed by atoms with van der Waals surface area (Å²) in [6, 6.07) is 9.83. The van der Waals surface area contributed by atoms with Crippen LogP contribution in [0.4, 0.5) is 0 Å². The maximum atomic E-state index is 12.3. The SMILES string of the molecule is NC(=NO)C(Cc1ccccc1)C(=O)NC1CCCC1. The van der Waals surface area contributed by atoms with Gasteiger partial charge in [-0.15, -0.1) is 0 Å². The van der Waals surface area contributed by atoms with Crippen LogP contribution in [0.3, 0.4) is 0 Å². The number of oxime groups is 1. The summed E-state index contributed by atoms with van der Waals surface area (Å²) in [6.45, 7) is 0. The monoisotopic (exact) mass is 275 g/mol. The summed E-state index contributed by atoms with van der Waals surface area (Å²) in [5.41, 5.74) is 6.67. The molecule has 2 rings (SSSR count). The van der Waals surface area contributed by atoms with Gasteiger partial charge in [-0.25, -0.2) is 0 Å². The second-order valence-corrected chi connectivity index (χ2v) is 5.26. The first-order chi connectivity index (χ1) is 9.70. The normalized spacial score (nSPS) is 17.9. The molecule has 1 amide bonds. The Kier molecular flexibility index (Phi) is 4.98. The van der Waals surface area contributed by atoms with Gasteiger partial charge in [0.2, 0.25) is 5.91 Å². The molecule has 0 aromatic heterocycles. The molecule has 1 atom stereocenters. The number of benzene rings is 1. The van der Waals surface area contributed by atoms with Gasteiger partial charge in [0, 0.05) is 6.04 Å². The molecule has 0 heterocycles. The van der Waals surface area contributed by atoms with E-state index in [1.54, 1.807) is 0 Å². The van der Waals surface area contributed by atoms with Crippen molar-refractivity contribution < 1.29 is 10.0 Å². The van der Waals surface area contributed by atoms with Gasteiger partial charge < -0.3 is 16.3 Å². The molecular formula is C15H21N3O2. The van der Waals surface area contributed by atoms with Gasteiger partial charge in [-0.2, -0.15) is 0 Å². The number of amides is 1. The van der Waals surface area contributed by atoms with Gasteiger partial charge in [-0.1, -0.05) is 48.3 Å². The predicted molar refractivity (Wildman–Crippen MR) is 77.4 cm³/mol. The lowest BCUT2D eigenvalue weighted by Gasteiger charge is -2.19. The van der Waals surface area contributed by atoms with Gasteiger partial charge in [-0.05, 0) is 24.8 Å². The van der Waals surface area contributed by atoms with Gasteiger partial charge in [0.1, 0.15) is 5.92 Å². The summed E-state index contributed by atoms with van der Waals surface area (Å²) < 4.78 is 0. The molecule has 1 aliphatic carbocycles. The fourth-order valence-electron chi connectivity index (χ4n) is 2.62. The Labute approximate surface area is 118 Å². The first kappa shape index (κ1) is 14.4. The van der Waals surface area contributed by atoms with Crippen molar-refractivity contribution >= 4 is 11.7 Å².